The third-order valence-electron chi connectivity index (χ3n) is 3.30. The highest BCUT2D eigenvalue weighted by Gasteiger charge is 2.27. The zero-order valence-corrected chi connectivity index (χ0v) is 11.7. The number of methoxy groups -OCH3 is 1. The van der Waals surface area contributed by atoms with E-state index in [1.807, 2.05) is 4.90 Å². The van der Waals surface area contributed by atoms with Crippen LogP contribution >= 0.6 is 12.4 Å². The first-order chi connectivity index (χ1) is 8.77. The van der Waals surface area contributed by atoms with E-state index in [0.717, 1.165) is 13.1 Å². The summed E-state index contributed by atoms with van der Waals surface area (Å²) in [5, 5.41) is 3.20. The van der Waals surface area contributed by atoms with Crippen LogP contribution in [0.4, 0.5) is 8.78 Å². The molecule has 0 amide bonds. The number of alkyl halides is 1. The van der Waals surface area contributed by atoms with Crippen molar-refractivity contribution in [3.05, 3.63) is 29.6 Å². The number of hydrogen-bond acceptors (Lipinski definition) is 3. The third-order valence-corrected chi connectivity index (χ3v) is 3.30. The van der Waals surface area contributed by atoms with Gasteiger partial charge in [-0.25, -0.2) is 8.78 Å². The van der Waals surface area contributed by atoms with Crippen molar-refractivity contribution in [1.29, 1.82) is 0 Å². The van der Waals surface area contributed by atoms with E-state index >= 15 is 0 Å². The Balaban J connectivity index is 0.00000180. The van der Waals surface area contributed by atoms with Crippen molar-refractivity contribution in [2.75, 3.05) is 40.0 Å². The molecule has 0 radical (unpaired) electrons. The summed E-state index contributed by atoms with van der Waals surface area (Å²) in [6.45, 7) is 2.41. The highest BCUT2D eigenvalue weighted by molar-refractivity contribution is 5.85. The molecule has 0 aliphatic carbocycles. The Bertz CT molecular complexity index is 400. The number of ether oxygens (including phenoxy) is 1. The molecule has 0 unspecified atom stereocenters. The molecule has 1 saturated heterocycles. The minimum absolute atomic E-state index is 0. The van der Waals surface area contributed by atoms with Crippen LogP contribution in [0, 0.1) is 5.82 Å². The van der Waals surface area contributed by atoms with Gasteiger partial charge < -0.3 is 10.1 Å². The van der Waals surface area contributed by atoms with Gasteiger partial charge in [-0.1, -0.05) is 6.07 Å². The van der Waals surface area contributed by atoms with Gasteiger partial charge in [0.2, 0.25) is 0 Å². The Hall–Kier alpha value is -0.910. The van der Waals surface area contributed by atoms with E-state index in [1.54, 1.807) is 12.1 Å². The number of piperazine rings is 1. The van der Waals surface area contributed by atoms with Crippen molar-refractivity contribution in [1.82, 2.24) is 10.2 Å². The van der Waals surface area contributed by atoms with E-state index in [0.29, 0.717) is 24.4 Å². The minimum atomic E-state index is -0.614. The minimum Gasteiger partial charge on any atom is -0.496 e. The lowest BCUT2D eigenvalue weighted by Gasteiger charge is -2.34. The van der Waals surface area contributed by atoms with Gasteiger partial charge in [-0.3, -0.25) is 4.90 Å². The standard InChI is InChI=1S/C13H18F2N2O.ClH/c1-18-12-4-2-3-10(15)13(12)11(9-14)17-7-5-16-6-8-17;/h2-4,11,16H,5-9H2,1H3;1H/t11-;/m0./s1. The second-order valence-corrected chi connectivity index (χ2v) is 4.31. The maximum Gasteiger partial charge on any atom is 0.131 e. The summed E-state index contributed by atoms with van der Waals surface area (Å²) in [5.41, 5.74) is 0.324. The highest BCUT2D eigenvalue weighted by Crippen LogP contribution is 2.32. The van der Waals surface area contributed by atoms with E-state index in [-0.39, 0.29) is 12.4 Å². The van der Waals surface area contributed by atoms with Gasteiger partial charge in [-0.2, -0.15) is 0 Å². The lowest BCUT2D eigenvalue weighted by molar-refractivity contribution is 0.142. The van der Waals surface area contributed by atoms with Crippen LogP contribution in [0.1, 0.15) is 11.6 Å². The van der Waals surface area contributed by atoms with Crippen LogP contribution in [0.3, 0.4) is 0 Å². The van der Waals surface area contributed by atoms with Crippen molar-refractivity contribution >= 4 is 12.4 Å². The quantitative estimate of drug-likeness (QED) is 0.920. The predicted molar refractivity (Wildman–Crippen MR) is 73.4 cm³/mol. The Morgan fingerprint density at radius 1 is 1.37 bits per heavy atom. The van der Waals surface area contributed by atoms with E-state index in [9.17, 15) is 8.78 Å². The Morgan fingerprint density at radius 3 is 2.63 bits per heavy atom. The van der Waals surface area contributed by atoms with Crippen LogP contribution < -0.4 is 10.1 Å². The fourth-order valence-electron chi connectivity index (χ4n) is 2.37. The SMILES string of the molecule is COc1cccc(F)c1[C@H](CF)N1CCNCC1.Cl. The molecule has 0 saturated carbocycles. The molecular weight excluding hydrogens is 274 g/mol. The first-order valence-corrected chi connectivity index (χ1v) is 6.11. The molecule has 1 atom stereocenters. The monoisotopic (exact) mass is 292 g/mol. The molecule has 1 aromatic rings. The fourth-order valence-corrected chi connectivity index (χ4v) is 2.37. The molecule has 2 rings (SSSR count). The first-order valence-electron chi connectivity index (χ1n) is 6.11. The van der Waals surface area contributed by atoms with Gasteiger partial charge in [0, 0.05) is 31.7 Å². The van der Waals surface area contributed by atoms with Crippen molar-refractivity contribution in [3.8, 4) is 5.75 Å². The number of nitrogens with zero attached hydrogens (tertiary/aromatic N) is 1. The van der Waals surface area contributed by atoms with E-state index in [4.69, 9.17) is 4.74 Å². The maximum absolute atomic E-state index is 13.9. The van der Waals surface area contributed by atoms with Gasteiger partial charge in [0.15, 0.2) is 0 Å². The molecule has 1 heterocycles. The summed E-state index contributed by atoms with van der Waals surface area (Å²) in [7, 11) is 1.48. The van der Waals surface area contributed by atoms with Crippen molar-refractivity contribution in [2.45, 2.75) is 6.04 Å². The van der Waals surface area contributed by atoms with Crippen LogP contribution in [0.2, 0.25) is 0 Å². The molecule has 1 aliphatic heterocycles. The zero-order chi connectivity index (χ0) is 13.0. The molecule has 1 N–H and O–H groups in total. The fraction of sp³-hybridized carbons (Fsp3) is 0.538. The second kappa shape index (κ2) is 7.62. The van der Waals surface area contributed by atoms with Crippen molar-refractivity contribution in [3.63, 3.8) is 0 Å². The Kier molecular flexibility index (Phi) is 6.48. The summed E-state index contributed by atoms with van der Waals surface area (Å²) >= 11 is 0. The van der Waals surface area contributed by atoms with Gasteiger partial charge in [0.1, 0.15) is 18.2 Å². The molecule has 0 bridgehead atoms. The third kappa shape index (κ3) is 3.55. The van der Waals surface area contributed by atoms with Crippen LogP contribution in [0.25, 0.3) is 0 Å². The normalized spacial score (nSPS) is 17.6. The number of benzene rings is 1. The van der Waals surface area contributed by atoms with Gasteiger partial charge in [0.25, 0.3) is 0 Å². The topological polar surface area (TPSA) is 24.5 Å². The summed E-state index contributed by atoms with van der Waals surface area (Å²) in [4.78, 5) is 1.96. The lowest BCUT2D eigenvalue weighted by atomic mass is 10.0. The van der Waals surface area contributed by atoms with Gasteiger partial charge in [-0.05, 0) is 12.1 Å². The lowest BCUT2D eigenvalue weighted by Crippen LogP contribution is -2.46. The molecule has 0 aromatic heterocycles. The summed E-state index contributed by atoms with van der Waals surface area (Å²) in [6, 6.07) is 4.03. The van der Waals surface area contributed by atoms with Crippen molar-refractivity contribution in [2.24, 2.45) is 0 Å². The Labute approximate surface area is 118 Å². The molecule has 108 valence electrons. The van der Waals surface area contributed by atoms with Crippen LogP contribution in [-0.4, -0.2) is 44.9 Å². The number of halogens is 3. The van der Waals surface area contributed by atoms with E-state index in [1.165, 1.54) is 13.2 Å². The molecular formula is C13H19ClF2N2O. The highest BCUT2D eigenvalue weighted by atomic mass is 35.5. The number of nitrogens with one attached hydrogen (secondary N) is 1. The van der Waals surface area contributed by atoms with Crippen LogP contribution in [0.5, 0.6) is 5.75 Å². The zero-order valence-electron chi connectivity index (χ0n) is 10.9. The molecule has 0 spiro atoms. The van der Waals surface area contributed by atoms with Gasteiger partial charge in [0.05, 0.1) is 13.2 Å². The molecule has 3 nitrogen and oxygen atoms in total. The first kappa shape index (κ1) is 16.1. The van der Waals surface area contributed by atoms with E-state index in [2.05, 4.69) is 5.32 Å². The summed E-state index contributed by atoms with van der Waals surface area (Å²) < 4.78 is 32.4. The molecule has 1 aromatic carbocycles. The number of hydrogen-bond donors (Lipinski definition) is 1. The maximum atomic E-state index is 13.9. The van der Waals surface area contributed by atoms with Crippen molar-refractivity contribution < 1.29 is 13.5 Å². The largest absolute Gasteiger partial charge is 0.496 e. The summed E-state index contributed by atoms with van der Waals surface area (Å²) in [5.74, 6) is 0.00622. The average Bonchev–Trinajstić information content (AvgIpc) is 2.42. The van der Waals surface area contributed by atoms with Gasteiger partial charge in [-0.15, -0.1) is 12.4 Å². The molecule has 19 heavy (non-hydrogen) atoms. The second-order valence-electron chi connectivity index (χ2n) is 4.31. The average molecular weight is 293 g/mol. The smallest absolute Gasteiger partial charge is 0.131 e. The number of rotatable bonds is 4. The van der Waals surface area contributed by atoms with Crippen LogP contribution in [-0.2, 0) is 0 Å². The van der Waals surface area contributed by atoms with Gasteiger partial charge >= 0.3 is 0 Å². The Morgan fingerprint density at radius 2 is 2.05 bits per heavy atom. The predicted octanol–water partition coefficient (Wildman–Crippen LogP) is 2.17. The van der Waals surface area contributed by atoms with Crippen LogP contribution in [0.15, 0.2) is 18.2 Å². The van der Waals surface area contributed by atoms with E-state index < -0.39 is 18.5 Å². The molecule has 1 aliphatic rings. The molecule has 1 fully saturated rings. The molecule has 6 heteroatoms. The summed E-state index contributed by atoms with van der Waals surface area (Å²) in [6.07, 6.45) is 0.